The maximum absolute atomic E-state index is 9.63. The third-order valence-corrected chi connectivity index (χ3v) is 3.54. The SMILES string of the molecule is CSc1cc(Sc2ccccc2O)ncn1. The Balaban J connectivity index is 2.24. The van der Waals surface area contributed by atoms with E-state index in [1.54, 1.807) is 23.9 Å². The summed E-state index contributed by atoms with van der Waals surface area (Å²) in [5.74, 6) is 0.275. The number of aromatic hydroxyl groups is 1. The molecule has 1 N–H and O–H groups in total. The number of hydrogen-bond donors (Lipinski definition) is 1. The van der Waals surface area contributed by atoms with Crippen molar-refractivity contribution < 1.29 is 5.11 Å². The minimum atomic E-state index is 0.275. The van der Waals surface area contributed by atoms with Gasteiger partial charge in [0, 0.05) is 6.07 Å². The van der Waals surface area contributed by atoms with Crippen LogP contribution in [0.3, 0.4) is 0 Å². The molecule has 82 valence electrons. The summed E-state index contributed by atoms with van der Waals surface area (Å²) in [5, 5.41) is 11.4. The second-order valence-electron chi connectivity index (χ2n) is 2.97. The smallest absolute Gasteiger partial charge is 0.129 e. The van der Waals surface area contributed by atoms with Crippen molar-refractivity contribution in [2.75, 3.05) is 6.26 Å². The van der Waals surface area contributed by atoms with Gasteiger partial charge in [0.05, 0.1) is 4.90 Å². The first-order valence-electron chi connectivity index (χ1n) is 4.61. The van der Waals surface area contributed by atoms with Crippen LogP contribution >= 0.6 is 23.5 Å². The number of nitrogens with zero attached hydrogens (tertiary/aromatic N) is 2. The van der Waals surface area contributed by atoms with E-state index in [9.17, 15) is 5.11 Å². The van der Waals surface area contributed by atoms with Crippen LogP contribution in [0.2, 0.25) is 0 Å². The molecule has 0 unspecified atom stereocenters. The zero-order valence-corrected chi connectivity index (χ0v) is 10.3. The highest BCUT2D eigenvalue weighted by molar-refractivity contribution is 7.99. The van der Waals surface area contributed by atoms with E-state index in [1.165, 1.54) is 18.1 Å². The number of phenolic OH excluding ortho intramolecular Hbond substituents is 1. The van der Waals surface area contributed by atoms with Crippen LogP contribution in [0.25, 0.3) is 0 Å². The highest BCUT2D eigenvalue weighted by Crippen LogP contribution is 2.33. The first kappa shape index (κ1) is 11.3. The molecule has 2 rings (SSSR count). The molecule has 0 amide bonds. The number of benzene rings is 1. The van der Waals surface area contributed by atoms with E-state index < -0.39 is 0 Å². The molecule has 16 heavy (non-hydrogen) atoms. The number of phenols is 1. The van der Waals surface area contributed by atoms with Crippen LogP contribution in [0.1, 0.15) is 0 Å². The Kier molecular flexibility index (Phi) is 3.69. The van der Waals surface area contributed by atoms with Crippen LogP contribution in [0.4, 0.5) is 0 Å². The lowest BCUT2D eigenvalue weighted by atomic mass is 10.3. The van der Waals surface area contributed by atoms with E-state index in [0.29, 0.717) is 0 Å². The van der Waals surface area contributed by atoms with Gasteiger partial charge < -0.3 is 5.11 Å². The van der Waals surface area contributed by atoms with E-state index in [0.717, 1.165) is 14.9 Å². The summed E-state index contributed by atoms with van der Waals surface area (Å²) in [6, 6.07) is 9.12. The maximum Gasteiger partial charge on any atom is 0.129 e. The lowest BCUT2D eigenvalue weighted by molar-refractivity contribution is 0.462. The molecule has 0 radical (unpaired) electrons. The average Bonchev–Trinajstić information content (AvgIpc) is 2.32. The predicted octanol–water partition coefficient (Wildman–Crippen LogP) is 3.06. The third-order valence-electron chi connectivity index (χ3n) is 1.91. The molecule has 0 aliphatic heterocycles. The molecule has 0 fully saturated rings. The van der Waals surface area contributed by atoms with Crippen LogP contribution in [0, 0.1) is 0 Å². The van der Waals surface area contributed by atoms with Crippen molar-refractivity contribution in [2.24, 2.45) is 0 Å². The second-order valence-corrected chi connectivity index (χ2v) is 4.86. The zero-order valence-electron chi connectivity index (χ0n) is 8.62. The lowest BCUT2D eigenvalue weighted by Gasteiger charge is -2.03. The summed E-state index contributed by atoms with van der Waals surface area (Å²) in [5.41, 5.74) is 0. The van der Waals surface area contributed by atoms with Gasteiger partial charge in [-0.15, -0.1) is 11.8 Å². The number of para-hydroxylation sites is 1. The van der Waals surface area contributed by atoms with Crippen molar-refractivity contribution in [3.63, 3.8) is 0 Å². The van der Waals surface area contributed by atoms with E-state index in [-0.39, 0.29) is 5.75 Å². The van der Waals surface area contributed by atoms with E-state index in [4.69, 9.17) is 0 Å². The number of aromatic nitrogens is 2. The molecule has 2 aromatic rings. The molecular weight excluding hydrogens is 240 g/mol. The molecular formula is C11H10N2OS2. The molecule has 1 aromatic carbocycles. The largest absolute Gasteiger partial charge is 0.507 e. The number of thioether (sulfide) groups is 1. The van der Waals surface area contributed by atoms with Crippen LogP contribution < -0.4 is 0 Å². The molecule has 3 nitrogen and oxygen atoms in total. The van der Waals surface area contributed by atoms with E-state index in [2.05, 4.69) is 9.97 Å². The fourth-order valence-electron chi connectivity index (χ4n) is 1.15. The number of hydrogen-bond acceptors (Lipinski definition) is 5. The van der Waals surface area contributed by atoms with Gasteiger partial charge in [0.2, 0.25) is 0 Å². The van der Waals surface area contributed by atoms with Gasteiger partial charge in [-0.05, 0) is 18.4 Å². The van der Waals surface area contributed by atoms with Crippen LogP contribution in [-0.4, -0.2) is 21.3 Å². The summed E-state index contributed by atoms with van der Waals surface area (Å²) < 4.78 is 0. The summed E-state index contributed by atoms with van der Waals surface area (Å²) in [7, 11) is 0. The van der Waals surface area contributed by atoms with Crippen molar-refractivity contribution in [1.29, 1.82) is 0 Å². The Morgan fingerprint density at radius 2 is 1.88 bits per heavy atom. The molecule has 0 bridgehead atoms. The van der Waals surface area contributed by atoms with Crippen LogP contribution in [0.5, 0.6) is 5.75 Å². The first-order valence-corrected chi connectivity index (χ1v) is 6.65. The molecule has 5 heteroatoms. The topological polar surface area (TPSA) is 46.0 Å². The lowest BCUT2D eigenvalue weighted by Crippen LogP contribution is -1.84. The third kappa shape index (κ3) is 2.68. The minimum absolute atomic E-state index is 0.275. The van der Waals surface area contributed by atoms with Gasteiger partial charge in [-0.2, -0.15) is 0 Å². The van der Waals surface area contributed by atoms with Gasteiger partial charge in [-0.25, -0.2) is 9.97 Å². The van der Waals surface area contributed by atoms with Crippen molar-refractivity contribution in [3.05, 3.63) is 36.7 Å². The van der Waals surface area contributed by atoms with Gasteiger partial charge in [-0.3, -0.25) is 0 Å². The average molecular weight is 250 g/mol. The molecule has 0 aliphatic rings. The van der Waals surface area contributed by atoms with Gasteiger partial charge >= 0.3 is 0 Å². The second kappa shape index (κ2) is 5.23. The Morgan fingerprint density at radius 3 is 2.62 bits per heavy atom. The summed E-state index contributed by atoms with van der Waals surface area (Å²) in [4.78, 5) is 9.05. The van der Waals surface area contributed by atoms with Gasteiger partial charge in [0.15, 0.2) is 0 Å². The van der Waals surface area contributed by atoms with Gasteiger partial charge in [0.25, 0.3) is 0 Å². The molecule has 1 heterocycles. The highest BCUT2D eigenvalue weighted by Gasteiger charge is 2.04. The normalized spacial score (nSPS) is 10.3. The Morgan fingerprint density at radius 1 is 1.12 bits per heavy atom. The molecule has 1 aromatic heterocycles. The fourth-order valence-corrected chi connectivity index (χ4v) is 2.42. The first-order chi connectivity index (χ1) is 7.79. The standard InChI is InChI=1S/C11H10N2OS2/c1-15-10-6-11(13-7-12-10)16-9-5-3-2-4-8(9)14/h2-7,14H,1H3. The molecule has 0 spiro atoms. The summed E-state index contributed by atoms with van der Waals surface area (Å²) >= 11 is 3.00. The highest BCUT2D eigenvalue weighted by atomic mass is 32.2. The van der Waals surface area contributed by atoms with E-state index >= 15 is 0 Å². The Hall–Kier alpha value is -1.20. The number of rotatable bonds is 3. The quantitative estimate of drug-likeness (QED) is 0.670. The van der Waals surface area contributed by atoms with Crippen LogP contribution in [0.15, 0.2) is 51.6 Å². The van der Waals surface area contributed by atoms with E-state index in [1.807, 2.05) is 24.5 Å². The Bertz CT molecular complexity index is 491. The molecule has 0 atom stereocenters. The molecule has 0 saturated carbocycles. The van der Waals surface area contributed by atoms with Gasteiger partial charge in [-0.1, -0.05) is 23.9 Å². The maximum atomic E-state index is 9.63. The van der Waals surface area contributed by atoms with Gasteiger partial charge in [0.1, 0.15) is 22.1 Å². The zero-order chi connectivity index (χ0) is 11.4. The minimum Gasteiger partial charge on any atom is -0.507 e. The Labute approximate surface area is 102 Å². The predicted molar refractivity (Wildman–Crippen MR) is 66.0 cm³/mol. The van der Waals surface area contributed by atoms with Crippen molar-refractivity contribution >= 4 is 23.5 Å². The molecule has 0 saturated heterocycles. The molecule has 0 aliphatic carbocycles. The fraction of sp³-hybridized carbons (Fsp3) is 0.0909. The summed E-state index contributed by atoms with van der Waals surface area (Å²) in [6.45, 7) is 0. The summed E-state index contributed by atoms with van der Waals surface area (Å²) in [6.07, 6.45) is 3.50. The van der Waals surface area contributed by atoms with Crippen molar-refractivity contribution in [3.8, 4) is 5.75 Å². The monoisotopic (exact) mass is 250 g/mol. The van der Waals surface area contributed by atoms with Crippen molar-refractivity contribution in [1.82, 2.24) is 9.97 Å². The van der Waals surface area contributed by atoms with Crippen LogP contribution in [-0.2, 0) is 0 Å². The van der Waals surface area contributed by atoms with Crippen molar-refractivity contribution in [2.45, 2.75) is 14.9 Å².